The molecule has 0 radical (unpaired) electrons. The van der Waals surface area contributed by atoms with Crippen molar-refractivity contribution in [1.29, 1.82) is 0 Å². The van der Waals surface area contributed by atoms with Gasteiger partial charge in [0.15, 0.2) is 6.61 Å². The molecule has 1 aliphatic rings. The van der Waals surface area contributed by atoms with Gasteiger partial charge in [-0.25, -0.2) is 0 Å². The molecule has 2 aromatic rings. The van der Waals surface area contributed by atoms with Crippen molar-refractivity contribution in [3.05, 3.63) is 58.1 Å². The highest BCUT2D eigenvalue weighted by Gasteiger charge is 2.25. The highest BCUT2D eigenvalue weighted by molar-refractivity contribution is 6.35. The molecule has 0 aromatic heterocycles. The Morgan fingerprint density at radius 1 is 1.20 bits per heavy atom. The third kappa shape index (κ3) is 4.24. The van der Waals surface area contributed by atoms with Crippen molar-refractivity contribution in [2.24, 2.45) is 0 Å². The van der Waals surface area contributed by atoms with Crippen molar-refractivity contribution >= 4 is 40.7 Å². The summed E-state index contributed by atoms with van der Waals surface area (Å²) >= 11 is 11.9. The molecule has 0 unspecified atom stereocenters. The number of halogens is 2. The fourth-order valence-corrected chi connectivity index (χ4v) is 3.04. The van der Waals surface area contributed by atoms with E-state index in [-0.39, 0.29) is 24.8 Å². The molecule has 130 valence electrons. The number of benzene rings is 2. The van der Waals surface area contributed by atoms with E-state index in [9.17, 15) is 9.59 Å². The van der Waals surface area contributed by atoms with E-state index < -0.39 is 0 Å². The van der Waals surface area contributed by atoms with Crippen LogP contribution in [0.2, 0.25) is 10.0 Å². The fraction of sp³-hybridized carbons (Fsp3) is 0.222. The number of carbonyl (C=O) groups excluding carboxylic acids is 2. The van der Waals surface area contributed by atoms with Crippen LogP contribution in [0.4, 0.5) is 5.69 Å². The number of hydrogen-bond donors (Lipinski definition) is 1. The van der Waals surface area contributed by atoms with Crippen LogP contribution in [-0.4, -0.2) is 25.0 Å². The summed E-state index contributed by atoms with van der Waals surface area (Å²) in [5, 5.41) is 3.85. The lowest BCUT2D eigenvalue weighted by atomic mass is 10.2. The van der Waals surface area contributed by atoms with E-state index >= 15 is 0 Å². The number of amides is 2. The van der Waals surface area contributed by atoms with E-state index in [0.29, 0.717) is 34.6 Å². The molecule has 0 saturated heterocycles. The average molecular weight is 379 g/mol. The Morgan fingerprint density at radius 2 is 2.00 bits per heavy atom. The number of rotatable bonds is 5. The van der Waals surface area contributed by atoms with E-state index in [4.69, 9.17) is 27.9 Å². The van der Waals surface area contributed by atoms with E-state index in [1.54, 1.807) is 35.2 Å². The first kappa shape index (κ1) is 17.6. The Bertz CT molecular complexity index is 811. The summed E-state index contributed by atoms with van der Waals surface area (Å²) in [6.45, 7) is 0.584. The maximum Gasteiger partial charge on any atom is 0.265 e. The number of para-hydroxylation sites is 2. The Labute approximate surface area is 155 Å². The summed E-state index contributed by atoms with van der Waals surface area (Å²) < 4.78 is 5.38. The maximum atomic E-state index is 12.1. The number of ether oxygens (including phenoxy) is 1. The van der Waals surface area contributed by atoms with Crippen LogP contribution in [0.25, 0.3) is 0 Å². The van der Waals surface area contributed by atoms with Gasteiger partial charge < -0.3 is 15.0 Å². The summed E-state index contributed by atoms with van der Waals surface area (Å²) in [5.41, 5.74) is 1.47. The summed E-state index contributed by atoms with van der Waals surface area (Å²) in [4.78, 5) is 25.7. The first-order valence-electron chi connectivity index (χ1n) is 7.77. The molecule has 0 atom stereocenters. The SMILES string of the molecule is O=C(CCN1C(=O)COc2ccccc21)NCc1ccc(Cl)cc1Cl. The van der Waals surface area contributed by atoms with Crippen molar-refractivity contribution in [2.45, 2.75) is 13.0 Å². The summed E-state index contributed by atoms with van der Waals surface area (Å²) in [6.07, 6.45) is 0.186. The second-order valence-corrected chi connectivity index (χ2v) is 6.41. The van der Waals surface area contributed by atoms with E-state index in [1.807, 2.05) is 12.1 Å². The number of hydrogen-bond acceptors (Lipinski definition) is 3. The normalized spacial score (nSPS) is 13.2. The molecule has 0 aliphatic carbocycles. The highest BCUT2D eigenvalue weighted by Crippen LogP contribution is 2.31. The quantitative estimate of drug-likeness (QED) is 0.866. The molecule has 1 heterocycles. The molecule has 5 nitrogen and oxygen atoms in total. The number of anilines is 1. The van der Waals surface area contributed by atoms with E-state index in [0.717, 1.165) is 5.56 Å². The van der Waals surface area contributed by atoms with Gasteiger partial charge >= 0.3 is 0 Å². The van der Waals surface area contributed by atoms with Crippen molar-refractivity contribution < 1.29 is 14.3 Å². The topological polar surface area (TPSA) is 58.6 Å². The molecule has 0 spiro atoms. The van der Waals surface area contributed by atoms with Gasteiger partial charge in [0.2, 0.25) is 5.91 Å². The monoisotopic (exact) mass is 378 g/mol. The summed E-state index contributed by atoms with van der Waals surface area (Å²) in [5.74, 6) is 0.325. The molecule has 7 heteroatoms. The number of nitrogens with one attached hydrogen (secondary N) is 1. The third-order valence-corrected chi connectivity index (χ3v) is 4.45. The molecule has 0 saturated carbocycles. The standard InChI is InChI=1S/C18H16Cl2N2O3/c19-13-6-5-12(14(20)9-13)10-21-17(23)7-8-22-15-3-1-2-4-16(15)25-11-18(22)24/h1-6,9H,7-8,10-11H2,(H,21,23). The zero-order chi connectivity index (χ0) is 17.8. The lowest BCUT2D eigenvalue weighted by molar-refractivity contribution is -0.122. The van der Waals surface area contributed by atoms with Gasteiger partial charge in [0, 0.05) is 29.6 Å². The minimum absolute atomic E-state index is 0.0149. The highest BCUT2D eigenvalue weighted by atomic mass is 35.5. The molecular weight excluding hydrogens is 363 g/mol. The third-order valence-electron chi connectivity index (χ3n) is 3.86. The van der Waals surface area contributed by atoms with Gasteiger partial charge in [-0.05, 0) is 29.8 Å². The summed E-state index contributed by atoms with van der Waals surface area (Å²) in [6, 6.07) is 12.4. The zero-order valence-electron chi connectivity index (χ0n) is 13.3. The van der Waals surface area contributed by atoms with Gasteiger partial charge in [0.25, 0.3) is 5.91 Å². The first-order valence-corrected chi connectivity index (χ1v) is 8.53. The zero-order valence-corrected chi connectivity index (χ0v) is 14.8. The number of nitrogens with zero attached hydrogens (tertiary/aromatic N) is 1. The van der Waals surface area contributed by atoms with Gasteiger partial charge in [-0.1, -0.05) is 41.4 Å². The first-order chi connectivity index (χ1) is 12.0. The van der Waals surface area contributed by atoms with Crippen LogP contribution in [0.15, 0.2) is 42.5 Å². The molecule has 2 amide bonds. The molecule has 2 aromatic carbocycles. The smallest absolute Gasteiger partial charge is 0.265 e. The Hall–Kier alpha value is -2.24. The lowest BCUT2D eigenvalue weighted by Gasteiger charge is -2.29. The molecular formula is C18H16Cl2N2O3. The van der Waals surface area contributed by atoms with Crippen molar-refractivity contribution in [3.63, 3.8) is 0 Å². The fourth-order valence-electron chi connectivity index (χ4n) is 2.56. The van der Waals surface area contributed by atoms with E-state index in [2.05, 4.69) is 5.32 Å². The van der Waals surface area contributed by atoms with Gasteiger partial charge in [-0.3, -0.25) is 9.59 Å². The van der Waals surface area contributed by atoms with Crippen LogP contribution in [-0.2, 0) is 16.1 Å². The molecule has 1 N–H and O–H groups in total. The minimum Gasteiger partial charge on any atom is -0.482 e. The van der Waals surface area contributed by atoms with Crippen LogP contribution in [0, 0.1) is 0 Å². The van der Waals surface area contributed by atoms with Gasteiger partial charge in [0.05, 0.1) is 5.69 Å². The molecule has 0 bridgehead atoms. The van der Waals surface area contributed by atoms with Crippen LogP contribution in [0.5, 0.6) is 5.75 Å². The second kappa shape index (κ2) is 7.76. The Kier molecular flexibility index (Phi) is 5.46. The van der Waals surface area contributed by atoms with Crippen LogP contribution in [0.3, 0.4) is 0 Å². The lowest BCUT2D eigenvalue weighted by Crippen LogP contribution is -2.41. The minimum atomic E-state index is -0.164. The van der Waals surface area contributed by atoms with Crippen LogP contribution < -0.4 is 15.0 Å². The second-order valence-electron chi connectivity index (χ2n) is 5.56. The number of fused-ring (bicyclic) bond motifs is 1. The largest absolute Gasteiger partial charge is 0.482 e. The Morgan fingerprint density at radius 3 is 2.80 bits per heavy atom. The Balaban J connectivity index is 1.56. The molecule has 3 rings (SSSR count). The summed E-state index contributed by atoms with van der Waals surface area (Å²) in [7, 11) is 0. The van der Waals surface area contributed by atoms with Crippen molar-refractivity contribution in [2.75, 3.05) is 18.1 Å². The number of carbonyl (C=O) groups is 2. The van der Waals surface area contributed by atoms with E-state index in [1.165, 1.54) is 0 Å². The van der Waals surface area contributed by atoms with Crippen LogP contribution in [0.1, 0.15) is 12.0 Å². The van der Waals surface area contributed by atoms with Gasteiger partial charge in [-0.2, -0.15) is 0 Å². The van der Waals surface area contributed by atoms with Crippen molar-refractivity contribution in [3.8, 4) is 5.75 Å². The van der Waals surface area contributed by atoms with Gasteiger partial charge in [-0.15, -0.1) is 0 Å². The predicted octanol–water partition coefficient (Wildman–Crippen LogP) is 3.43. The maximum absolute atomic E-state index is 12.1. The molecule has 0 fully saturated rings. The predicted molar refractivity (Wildman–Crippen MR) is 97.2 cm³/mol. The van der Waals surface area contributed by atoms with Crippen molar-refractivity contribution in [1.82, 2.24) is 5.32 Å². The average Bonchev–Trinajstić information content (AvgIpc) is 2.60. The molecule has 1 aliphatic heterocycles. The van der Waals surface area contributed by atoms with Gasteiger partial charge in [0.1, 0.15) is 5.75 Å². The molecule has 25 heavy (non-hydrogen) atoms. The van der Waals surface area contributed by atoms with Crippen LogP contribution >= 0.6 is 23.2 Å².